The number of nitrogens with zero attached hydrogens (tertiary/aromatic N) is 4. The number of anilines is 3. The first-order valence-electron chi connectivity index (χ1n) is 5.04. The van der Waals surface area contributed by atoms with Gasteiger partial charge < -0.3 is 38.5 Å². The van der Waals surface area contributed by atoms with Gasteiger partial charge in [0.2, 0.25) is 17.8 Å². The van der Waals surface area contributed by atoms with Crippen LogP contribution in [-0.4, -0.2) is 41.6 Å². The number of rotatable bonds is 7. The van der Waals surface area contributed by atoms with Crippen molar-refractivity contribution in [1.29, 1.82) is 0 Å². The molecule has 17 heavy (non-hydrogen) atoms. The van der Waals surface area contributed by atoms with Crippen LogP contribution >= 0.6 is 0 Å². The summed E-state index contributed by atoms with van der Waals surface area (Å²) in [5.74, 6) is 1.03. The van der Waals surface area contributed by atoms with Crippen molar-refractivity contribution < 1.29 is 0 Å². The van der Waals surface area contributed by atoms with E-state index in [0.29, 0.717) is 17.8 Å². The van der Waals surface area contributed by atoms with E-state index in [-0.39, 0.29) is 26.7 Å². The van der Waals surface area contributed by atoms with E-state index in [4.69, 9.17) is 22.9 Å². The van der Waals surface area contributed by atoms with Crippen molar-refractivity contribution >= 4 is 17.8 Å². The van der Waals surface area contributed by atoms with Crippen LogP contribution in [0.15, 0.2) is 0 Å². The smallest absolute Gasteiger partial charge is 0.234 e. The Kier molecular flexibility index (Phi) is 5.29. The highest BCUT2D eigenvalue weighted by molar-refractivity contribution is 5.43. The largest absolute Gasteiger partial charge is 0.342 e. The Bertz CT molecular complexity index is 313. The molecule has 0 unspecified atom stereocenters. The van der Waals surface area contributed by atoms with Crippen LogP contribution in [0.25, 0.3) is 0 Å². The Morgan fingerprint density at radius 1 is 0.824 bits per heavy atom. The minimum Gasteiger partial charge on any atom is -0.342 e. The molecule has 10 nitrogen and oxygen atoms in total. The van der Waals surface area contributed by atoms with E-state index in [2.05, 4.69) is 25.6 Å². The standard InChI is InChI=1S/C7H18N10/c8-1-12-5-14-6(13-2-9)16-7(15-5)17(3-10)4-11/h1-4,8-11H2,(H2,12,13,14,15,16). The predicted octanol–water partition coefficient (Wildman–Crippen LogP) is -2.83. The number of hydrogen-bond acceptors (Lipinski definition) is 10. The molecule has 10 heteroatoms. The van der Waals surface area contributed by atoms with E-state index in [0.717, 1.165) is 0 Å². The van der Waals surface area contributed by atoms with Gasteiger partial charge in [-0.25, -0.2) is 0 Å². The van der Waals surface area contributed by atoms with E-state index >= 15 is 0 Å². The van der Waals surface area contributed by atoms with Crippen molar-refractivity contribution in [2.75, 3.05) is 42.2 Å². The van der Waals surface area contributed by atoms with Gasteiger partial charge in [-0.2, -0.15) is 15.0 Å². The summed E-state index contributed by atoms with van der Waals surface area (Å²) < 4.78 is 0. The first kappa shape index (κ1) is 13.3. The Morgan fingerprint density at radius 2 is 1.29 bits per heavy atom. The highest BCUT2D eigenvalue weighted by Gasteiger charge is 2.10. The molecule has 0 aliphatic carbocycles. The molecule has 0 atom stereocenters. The van der Waals surface area contributed by atoms with Crippen molar-refractivity contribution in [1.82, 2.24) is 15.0 Å². The highest BCUT2D eigenvalue weighted by atomic mass is 15.4. The first-order valence-corrected chi connectivity index (χ1v) is 5.04. The van der Waals surface area contributed by atoms with Gasteiger partial charge in [0.05, 0.1) is 26.7 Å². The quantitative estimate of drug-likeness (QED) is 0.274. The maximum atomic E-state index is 5.52. The predicted molar refractivity (Wildman–Crippen MR) is 65.8 cm³/mol. The van der Waals surface area contributed by atoms with Crippen molar-refractivity contribution in [3.8, 4) is 0 Å². The molecule has 0 radical (unpaired) electrons. The van der Waals surface area contributed by atoms with E-state index < -0.39 is 0 Å². The Balaban J connectivity index is 3.01. The van der Waals surface area contributed by atoms with Gasteiger partial charge in [-0.05, 0) is 0 Å². The second kappa shape index (κ2) is 6.75. The molecule has 1 aromatic heterocycles. The summed E-state index contributed by atoms with van der Waals surface area (Å²) in [7, 11) is 0. The zero-order valence-electron chi connectivity index (χ0n) is 9.43. The third-order valence-corrected chi connectivity index (χ3v) is 1.87. The maximum Gasteiger partial charge on any atom is 0.234 e. The van der Waals surface area contributed by atoms with E-state index in [1.54, 1.807) is 4.90 Å². The zero-order valence-corrected chi connectivity index (χ0v) is 9.43. The highest BCUT2D eigenvalue weighted by Crippen LogP contribution is 2.11. The van der Waals surface area contributed by atoms with Crippen LogP contribution in [0.5, 0.6) is 0 Å². The summed E-state index contributed by atoms with van der Waals surface area (Å²) in [6.45, 7) is 0.808. The lowest BCUT2D eigenvalue weighted by Crippen LogP contribution is -2.36. The fourth-order valence-corrected chi connectivity index (χ4v) is 1.08. The molecule has 1 heterocycles. The Hall–Kier alpha value is -1.75. The van der Waals surface area contributed by atoms with Crippen LogP contribution in [0.4, 0.5) is 17.8 Å². The van der Waals surface area contributed by atoms with E-state index in [1.165, 1.54) is 0 Å². The lowest BCUT2D eigenvalue weighted by Gasteiger charge is -2.19. The van der Waals surface area contributed by atoms with Crippen LogP contribution in [-0.2, 0) is 0 Å². The fraction of sp³-hybridized carbons (Fsp3) is 0.571. The average Bonchev–Trinajstić information content (AvgIpc) is 2.31. The van der Waals surface area contributed by atoms with E-state index in [1.807, 2.05) is 0 Å². The molecule has 0 saturated heterocycles. The monoisotopic (exact) mass is 242 g/mol. The van der Waals surface area contributed by atoms with Gasteiger partial charge in [-0.1, -0.05) is 0 Å². The lowest BCUT2D eigenvalue weighted by molar-refractivity contribution is 0.779. The van der Waals surface area contributed by atoms with E-state index in [9.17, 15) is 0 Å². The first-order chi connectivity index (χ1) is 8.24. The molecule has 0 amide bonds. The van der Waals surface area contributed by atoms with Crippen LogP contribution in [0.3, 0.4) is 0 Å². The normalized spacial score (nSPS) is 10.1. The number of aromatic nitrogens is 3. The van der Waals surface area contributed by atoms with Gasteiger partial charge in [-0.3, -0.25) is 0 Å². The van der Waals surface area contributed by atoms with Gasteiger partial charge in [0.15, 0.2) is 0 Å². The molecule has 1 aromatic rings. The van der Waals surface area contributed by atoms with Gasteiger partial charge in [0, 0.05) is 0 Å². The third kappa shape index (κ3) is 3.64. The molecule has 0 bridgehead atoms. The molecular formula is C7H18N10. The number of hydrogen-bond donors (Lipinski definition) is 6. The van der Waals surface area contributed by atoms with Crippen LogP contribution < -0.4 is 38.5 Å². The lowest BCUT2D eigenvalue weighted by atomic mass is 10.7. The molecule has 10 N–H and O–H groups in total. The molecule has 1 rings (SSSR count). The topological polar surface area (TPSA) is 170 Å². The molecule has 0 spiro atoms. The number of nitrogens with one attached hydrogen (secondary N) is 2. The summed E-state index contributed by atoms with van der Waals surface area (Å²) in [5.41, 5.74) is 21.7. The van der Waals surface area contributed by atoms with Crippen LogP contribution in [0.1, 0.15) is 0 Å². The average molecular weight is 242 g/mol. The molecule has 0 fully saturated rings. The summed E-state index contributed by atoms with van der Waals surface area (Å²) in [6, 6.07) is 0. The third-order valence-electron chi connectivity index (χ3n) is 1.87. The molecule has 0 aromatic carbocycles. The van der Waals surface area contributed by atoms with Gasteiger partial charge in [0.1, 0.15) is 0 Å². The fourth-order valence-electron chi connectivity index (χ4n) is 1.08. The second-order valence-corrected chi connectivity index (χ2v) is 2.95. The zero-order chi connectivity index (χ0) is 12.7. The molecule has 0 aliphatic rings. The summed E-state index contributed by atoms with van der Waals surface area (Å²) in [4.78, 5) is 13.9. The SMILES string of the molecule is NCNc1nc(NCN)nc(N(CN)CN)n1. The minimum absolute atomic E-state index is 0.199. The second-order valence-electron chi connectivity index (χ2n) is 2.95. The molecule has 0 saturated carbocycles. The molecular weight excluding hydrogens is 224 g/mol. The van der Waals surface area contributed by atoms with Gasteiger partial charge >= 0.3 is 0 Å². The van der Waals surface area contributed by atoms with Gasteiger partial charge in [-0.15, -0.1) is 0 Å². The minimum atomic E-state index is 0.199. The van der Waals surface area contributed by atoms with Crippen molar-refractivity contribution in [2.24, 2.45) is 22.9 Å². The number of nitrogens with two attached hydrogens (primary N) is 4. The van der Waals surface area contributed by atoms with Crippen molar-refractivity contribution in [3.05, 3.63) is 0 Å². The van der Waals surface area contributed by atoms with Crippen molar-refractivity contribution in [2.45, 2.75) is 0 Å². The Morgan fingerprint density at radius 3 is 1.65 bits per heavy atom. The van der Waals surface area contributed by atoms with Crippen molar-refractivity contribution in [3.63, 3.8) is 0 Å². The van der Waals surface area contributed by atoms with Crippen LogP contribution in [0.2, 0.25) is 0 Å². The van der Waals surface area contributed by atoms with Crippen LogP contribution in [0, 0.1) is 0 Å². The summed E-state index contributed by atoms with van der Waals surface area (Å²) >= 11 is 0. The summed E-state index contributed by atoms with van der Waals surface area (Å²) in [6.07, 6.45) is 0. The Labute approximate surface area is 98.8 Å². The molecule has 0 aliphatic heterocycles. The molecule has 96 valence electrons. The maximum absolute atomic E-state index is 5.52. The summed E-state index contributed by atoms with van der Waals surface area (Å²) in [5, 5.41) is 5.55. The van der Waals surface area contributed by atoms with Gasteiger partial charge in [0.25, 0.3) is 0 Å².